The van der Waals surface area contributed by atoms with E-state index in [0.29, 0.717) is 22.6 Å². The van der Waals surface area contributed by atoms with E-state index in [4.69, 9.17) is 17.3 Å². The molecule has 0 bridgehead atoms. The average Bonchev–Trinajstić information content (AvgIpc) is 2.72. The molecule has 0 saturated carbocycles. The van der Waals surface area contributed by atoms with Gasteiger partial charge in [0.1, 0.15) is 5.82 Å². The van der Waals surface area contributed by atoms with E-state index in [1.807, 2.05) is 25.1 Å². The SMILES string of the molecule is C[C@H]1c2ccc(Cl)cc2CCN1C(=O)CNc1cc2cc(CN)[nH]c(=O)c2cc1F. The van der Waals surface area contributed by atoms with E-state index in [1.165, 1.54) is 12.1 Å². The molecule has 6 nitrogen and oxygen atoms in total. The zero-order chi connectivity index (χ0) is 21.4. The Morgan fingerprint density at radius 1 is 1.33 bits per heavy atom. The maximum atomic E-state index is 14.5. The number of fused-ring (bicyclic) bond motifs is 2. The standard InChI is InChI=1S/C22H22ClFN4O2/c1-12-17-3-2-15(23)6-13(17)4-5-28(12)21(29)11-26-20-8-14-7-16(10-25)27-22(30)18(14)9-19(20)24/h2-3,6-9,12,26H,4-5,10-11,25H2,1H3,(H,27,30)/t12-/m0/s1. The third-order valence-electron chi connectivity index (χ3n) is 5.60. The van der Waals surface area contributed by atoms with Gasteiger partial charge < -0.3 is 20.9 Å². The molecule has 1 aliphatic heterocycles. The van der Waals surface area contributed by atoms with Crippen LogP contribution in [0.4, 0.5) is 10.1 Å². The fraction of sp³-hybridized carbons (Fsp3) is 0.273. The van der Waals surface area contributed by atoms with Gasteiger partial charge in [-0.25, -0.2) is 4.39 Å². The lowest BCUT2D eigenvalue weighted by molar-refractivity contribution is -0.131. The van der Waals surface area contributed by atoms with Crippen LogP contribution in [-0.4, -0.2) is 28.9 Å². The normalized spacial score (nSPS) is 15.9. The lowest BCUT2D eigenvalue weighted by atomic mass is 9.93. The number of rotatable bonds is 4. The van der Waals surface area contributed by atoms with Crippen molar-refractivity contribution in [3.05, 3.63) is 74.4 Å². The number of H-pyrrole nitrogens is 1. The number of carbonyl (C=O) groups excluding carboxylic acids is 1. The summed E-state index contributed by atoms with van der Waals surface area (Å²) >= 11 is 6.07. The molecule has 2 heterocycles. The van der Waals surface area contributed by atoms with Crippen molar-refractivity contribution in [2.75, 3.05) is 18.4 Å². The van der Waals surface area contributed by atoms with Gasteiger partial charge in [0.15, 0.2) is 0 Å². The van der Waals surface area contributed by atoms with Crippen molar-refractivity contribution >= 4 is 34.0 Å². The molecule has 1 amide bonds. The summed E-state index contributed by atoms with van der Waals surface area (Å²) in [6, 6.07) is 10.0. The summed E-state index contributed by atoms with van der Waals surface area (Å²) in [4.78, 5) is 29.3. The Labute approximate surface area is 177 Å². The highest BCUT2D eigenvalue weighted by molar-refractivity contribution is 6.30. The van der Waals surface area contributed by atoms with Crippen molar-refractivity contribution < 1.29 is 9.18 Å². The quantitative estimate of drug-likeness (QED) is 0.594. The number of pyridine rings is 1. The molecule has 0 unspecified atom stereocenters. The van der Waals surface area contributed by atoms with Gasteiger partial charge in [0.05, 0.1) is 23.7 Å². The Kier molecular flexibility index (Phi) is 5.49. The molecule has 1 aromatic heterocycles. The van der Waals surface area contributed by atoms with Crippen LogP contribution in [0, 0.1) is 5.82 Å². The third kappa shape index (κ3) is 3.78. The number of amides is 1. The fourth-order valence-electron chi connectivity index (χ4n) is 4.00. The van der Waals surface area contributed by atoms with E-state index in [-0.39, 0.29) is 36.1 Å². The molecule has 0 spiro atoms. The highest BCUT2D eigenvalue weighted by atomic mass is 35.5. The van der Waals surface area contributed by atoms with Gasteiger partial charge in [0.25, 0.3) is 5.56 Å². The van der Waals surface area contributed by atoms with E-state index in [1.54, 1.807) is 11.0 Å². The number of anilines is 1. The minimum Gasteiger partial charge on any atom is -0.374 e. The van der Waals surface area contributed by atoms with Gasteiger partial charge in [0, 0.05) is 23.8 Å². The number of aromatic nitrogens is 1. The van der Waals surface area contributed by atoms with Crippen LogP contribution in [-0.2, 0) is 17.8 Å². The number of carbonyl (C=O) groups is 1. The van der Waals surface area contributed by atoms with Crippen molar-refractivity contribution in [1.29, 1.82) is 0 Å². The Bertz CT molecular complexity index is 1190. The van der Waals surface area contributed by atoms with Crippen LogP contribution in [0.1, 0.15) is 29.8 Å². The van der Waals surface area contributed by atoms with E-state index in [9.17, 15) is 14.0 Å². The van der Waals surface area contributed by atoms with Crippen molar-refractivity contribution in [3.8, 4) is 0 Å². The summed E-state index contributed by atoms with van der Waals surface area (Å²) in [6.45, 7) is 2.66. The van der Waals surface area contributed by atoms with Crippen LogP contribution in [0.25, 0.3) is 10.8 Å². The molecule has 0 saturated heterocycles. The van der Waals surface area contributed by atoms with Crippen LogP contribution < -0.4 is 16.6 Å². The molecule has 8 heteroatoms. The van der Waals surface area contributed by atoms with Crippen LogP contribution in [0.15, 0.2) is 41.2 Å². The number of nitrogens with one attached hydrogen (secondary N) is 2. The number of hydrogen-bond acceptors (Lipinski definition) is 4. The fourth-order valence-corrected chi connectivity index (χ4v) is 4.20. The van der Waals surface area contributed by atoms with Gasteiger partial charge in [-0.15, -0.1) is 0 Å². The summed E-state index contributed by atoms with van der Waals surface area (Å²) in [5.74, 6) is -0.718. The molecule has 2 aromatic carbocycles. The molecule has 3 aromatic rings. The van der Waals surface area contributed by atoms with Crippen LogP contribution >= 0.6 is 11.6 Å². The Morgan fingerprint density at radius 3 is 2.90 bits per heavy atom. The second-order valence-electron chi connectivity index (χ2n) is 7.46. The second kappa shape index (κ2) is 8.08. The zero-order valence-electron chi connectivity index (χ0n) is 16.5. The van der Waals surface area contributed by atoms with E-state index >= 15 is 0 Å². The van der Waals surface area contributed by atoms with E-state index < -0.39 is 11.4 Å². The molecule has 0 aliphatic carbocycles. The molecule has 4 rings (SSSR count). The minimum absolute atomic E-state index is 0.0529. The summed E-state index contributed by atoms with van der Waals surface area (Å²) in [5, 5.41) is 4.37. The molecular formula is C22H22ClFN4O2. The monoisotopic (exact) mass is 428 g/mol. The van der Waals surface area contributed by atoms with Crippen molar-refractivity contribution in [2.45, 2.75) is 25.9 Å². The van der Waals surface area contributed by atoms with Crippen molar-refractivity contribution in [3.63, 3.8) is 0 Å². The predicted molar refractivity (Wildman–Crippen MR) is 116 cm³/mol. The first kappa shape index (κ1) is 20.4. The average molecular weight is 429 g/mol. The largest absolute Gasteiger partial charge is 0.374 e. The van der Waals surface area contributed by atoms with E-state index in [0.717, 1.165) is 17.5 Å². The number of nitrogens with two attached hydrogens (primary N) is 1. The van der Waals surface area contributed by atoms with Gasteiger partial charge in [0.2, 0.25) is 5.91 Å². The number of hydrogen-bond donors (Lipinski definition) is 3. The summed E-state index contributed by atoms with van der Waals surface area (Å²) in [6.07, 6.45) is 0.723. The second-order valence-corrected chi connectivity index (χ2v) is 7.89. The highest BCUT2D eigenvalue weighted by Crippen LogP contribution is 2.31. The number of aromatic amines is 1. The van der Waals surface area contributed by atoms with Gasteiger partial charge in [-0.1, -0.05) is 17.7 Å². The molecule has 0 radical (unpaired) electrons. The first-order valence-electron chi connectivity index (χ1n) is 9.74. The molecule has 4 N–H and O–H groups in total. The summed E-state index contributed by atoms with van der Waals surface area (Å²) < 4.78 is 14.5. The maximum absolute atomic E-state index is 14.5. The third-order valence-corrected chi connectivity index (χ3v) is 5.84. The molecule has 156 valence electrons. The topological polar surface area (TPSA) is 91.2 Å². The highest BCUT2D eigenvalue weighted by Gasteiger charge is 2.27. The maximum Gasteiger partial charge on any atom is 0.256 e. The Hall–Kier alpha value is -2.90. The molecule has 0 fully saturated rings. The predicted octanol–water partition coefficient (Wildman–Crippen LogP) is 3.34. The van der Waals surface area contributed by atoms with Gasteiger partial charge >= 0.3 is 0 Å². The molecule has 30 heavy (non-hydrogen) atoms. The van der Waals surface area contributed by atoms with Crippen LogP contribution in [0.3, 0.4) is 0 Å². The van der Waals surface area contributed by atoms with Gasteiger partial charge in [-0.3, -0.25) is 9.59 Å². The molecular weight excluding hydrogens is 407 g/mol. The van der Waals surface area contributed by atoms with Crippen LogP contribution in [0.5, 0.6) is 0 Å². The minimum atomic E-state index is -0.590. The number of benzene rings is 2. The lowest BCUT2D eigenvalue weighted by Crippen LogP contribution is -2.41. The zero-order valence-corrected chi connectivity index (χ0v) is 17.2. The van der Waals surface area contributed by atoms with E-state index in [2.05, 4.69) is 10.3 Å². The van der Waals surface area contributed by atoms with Crippen molar-refractivity contribution in [2.24, 2.45) is 5.73 Å². The Morgan fingerprint density at radius 2 is 2.13 bits per heavy atom. The number of nitrogens with zero attached hydrogens (tertiary/aromatic N) is 1. The molecule has 1 atom stereocenters. The molecule has 1 aliphatic rings. The van der Waals surface area contributed by atoms with Gasteiger partial charge in [-0.05, 0) is 60.2 Å². The first-order chi connectivity index (χ1) is 14.4. The Balaban J connectivity index is 1.52. The number of halogens is 2. The smallest absolute Gasteiger partial charge is 0.256 e. The van der Waals surface area contributed by atoms with Gasteiger partial charge in [-0.2, -0.15) is 0 Å². The first-order valence-corrected chi connectivity index (χ1v) is 10.1. The van der Waals surface area contributed by atoms with Crippen LogP contribution in [0.2, 0.25) is 5.02 Å². The summed E-state index contributed by atoms with van der Waals surface area (Å²) in [5.41, 5.74) is 8.15. The van der Waals surface area contributed by atoms with Crippen molar-refractivity contribution in [1.82, 2.24) is 9.88 Å². The lowest BCUT2D eigenvalue weighted by Gasteiger charge is -2.35. The summed E-state index contributed by atoms with van der Waals surface area (Å²) in [7, 11) is 0.